The summed E-state index contributed by atoms with van der Waals surface area (Å²) in [5, 5.41) is 24.9. The molecule has 1 heterocycles. The third-order valence-electron chi connectivity index (χ3n) is 2.93. The summed E-state index contributed by atoms with van der Waals surface area (Å²) in [4.78, 5) is 21.9. The summed E-state index contributed by atoms with van der Waals surface area (Å²) in [6, 6.07) is 5.07. The molecule has 23 heavy (non-hydrogen) atoms. The number of carbonyl (C=O) groups excluding carboxylic acids is 1. The number of nitrogens with zero attached hydrogens (tertiary/aromatic N) is 3. The number of benzene rings is 1. The number of hydrogen-bond acceptors (Lipinski definition) is 6. The number of ether oxygens (including phenoxy) is 1. The second-order valence-electron chi connectivity index (χ2n) is 5.23. The maximum absolute atomic E-state index is 11.9. The molecule has 2 aromatic rings. The number of halogens is 1. The van der Waals surface area contributed by atoms with E-state index < -0.39 is 16.5 Å². The molecule has 0 aliphatic heterocycles. The number of aromatic nitrogens is 2. The zero-order chi connectivity index (χ0) is 17.0. The molecule has 0 aliphatic rings. The van der Waals surface area contributed by atoms with Crippen LogP contribution in [0.5, 0.6) is 0 Å². The van der Waals surface area contributed by atoms with Crippen molar-refractivity contribution in [3.8, 4) is 0 Å². The zero-order valence-electron chi connectivity index (χ0n) is 12.2. The van der Waals surface area contributed by atoms with E-state index in [4.69, 9.17) is 4.74 Å². The maximum atomic E-state index is 11.9. The van der Waals surface area contributed by atoms with Crippen molar-refractivity contribution in [3.63, 3.8) is 0 Å². The summed E-state index contributed by atoms with van der Waals surface area (Å²) in [6.45, 7) is 1.48. The monoisotopic (exact) mass is 431 g/mol. The molecule has 1 atom stereocenters. The van der Waals surface area contributed by atoms with Crippen molar-refractivity contribution in [3.05, 3.63) is 55.9 Å². The summed E-state index contributed by atoms with van der Waals surface area (Å²) in [6.07, 6.45) is 3.41. The smallest absolute Gasteiger partial charge is 0.338 e. The fourth-order valence-electron chi connectivity index (χ4n) is 1.84. The van der Waals surface area contributed by atoms with Crippen LogP contribution in [0.1, 0.15) is 17.3 Å². The lowest BCUT2D eigenvalue weighted by Gasteiger charge is -2.22. The van der Waals surface area contributed by atoms with Crippen molar-refractivity contribution in [2.75, 3.05) is 6.61 Å². The van der Waals surface area contributed by atoms with Gasteiger partial charge in [-0.1, -0.05) is 0 Å². The van der Waals surface area contributed by atoms with Crippen LogP contribution in [-0.2, 0) is 11.3 Å². The van der Waals surface area contributed by atoms with E-state index >= 15 is 0 Å². The first kappa shape index (κ1) is 17.3. The van der Waals surface area contributed by atoms with Gasteiger partial charge in [0.2, 0.25) is 0 Å². The van der Waals surface area contributed by atoms with E-state index in [1.165, 1.54) is 31.2 Å². The van der Waals surface area contributed by atoms with E-state index in [2.05, 4.69) is 27.7 Å². The predicted molar refractivity (Wildman–Crippen MR) is 88.9 cm³/mol. The fourth-order valence-corrected chi connectivity index (χ4v) is 2.29. The molecule has 2 rings (SSSR count). The summed E-state index contributed by atoms with van der Waals surface area (Å²) >= 11 is 2.10. The van der Waals surface area contributed by atoms with Gasteiger partial charge in [0.05, 0.1) is 26.8 Å². The van der Waals surface area contributed by atoms with Gasteiger partial charge in [-0.3, -0.25) is 14.8 Å². The van der Waals surface area contributed by atoms with Crippen LogP contribution >= 0.6 is 22.6 Å². The van der Waals surface area contributed by atoms with Gasteiger partial charge in [-0.2, -0.15) is 5.10 Å². The standard InChI is InChI=1S/C14H14IN3O5/c1-14(20,8-17-7-11(15)6-16-17)9-23-13(19)10-2-4-12(5-3-10)18(21)22/h2-7,20H,8-9H2,1H3. The first-order valence-corrected chi connectivity index (χ1v) is 7.67. The van der Waals surface area contributed by atoms with Crippen LogP contribution in [0, 0.1) is 13.7 Å². The van der Waals surface area contributed by atoms with Gasteiger partial charge in [-0.05, 0) is 41.6 Å². The third-order valence-corrected chi connectivity index (χ3v) is 3.49. The minimum Gasteiger partial charge on any atom is -0.459 e. The Bertz CT molecular complexity index is 711. The lowest BCUT2D eigenvalue weighted by Crippen LogP contribution is -2.37. The first-order chi connectivity index (χ1) is 10.8. The highest BCUT2D eigenvalue weighted by atomic mass is 127. The van der Waals surface area contributed by atoms with Crippen molar-refractivity contribution in [2.45, 2.75) is 19.1 Å². The van der Waals surface area contributed by atoms with Gasteiger partial charge >= 0.3 is 5.97 Å². The van der Waals surface area contributed by atoms with E-state index in [0.29, 0.717) is 0 Å². The molecule has 1 N–H and O–H groups in total. The van der Waals surface area contributed by atoms with Gasteiger partial charge in [-0.25, -0.2) is 4.79 Å². The van der Waals surface area contributed by atoms with Gasteiger partial charge in [0.15, 0.2) is 0 Å². The summed E-state index contributed by atoms with van der Waals surface area (Å²) in [5.74, 6) is -0.657. The van der Waals surface area contributed by atoms with Crippen LogP contribution in [-0.4, -0.2) is 38.0 Å². The predicted octanol–water partition coefficient (Wildman–Crippen LogP) is 2.00. The molecule has 8 nitrogen and oxygen atoms in total. The van der Waals surface area contributed by atoms with Crippen LogP contribution in [0.2, 0.25) is 0 Å². The molecule has 0 radical (unpaired) electrons. The molecule has 0 bridgehead atoms. The molecule has 1 unspecified atom stereocenters. The van der Waals surface area contributed by atoms with Crippen molar-refractivity contribution >= 4 is 34.2 Å². The minimum atomic E-state index is -1.29. The van der Waals surface area contributed by atoms with Crippen molar-refractivity contribution in [1.29, 1.82) is 0 Å². The van der Waals surface area contributed by atoms with E-state index in [9.17, 15) is 20.0 Å². The van der Waals surface area contributed by atoms with Gasteiger partial charge < -0.3 is 9.84 Å². The molecule has 0 fully saturated rings. The molecule has 9 heteroatoms. The number of nitro benzene ring substituents is 1. The normalized spacial score (nSPS) is 13.3. The second kappa shape index (κ2) is 7.04. The van der Waals surface area contributed by atoms with Crippen LogP contribution < -0.4 is 0 Å². The number of carbonyl (C=O) groups is 1. The quantitative estimate of drug-likeness (QED) is 0.325. The SMILES string of the molecule is CC(O)(COC(=O)c1ccc([N+](=O)[O-])cc1)Cn1cc(I)cn1. The van der Waals surface area contributed by atoms with Crippen LogP contribution in [0.15, 0.2) is 36.7 Å². The van der Waals surface area contributed by atoms with Crippen molar-refractivity contribution in [2.24, 2.45) is 0 Å². The molecule has 0 aliphatic carbocycles. The minimum absolute atomic E-state index is 0.109. The highest BCUT2D eigenvalue weighted by molar-refractivity contribution is 14.1. The Hall–Kier alpha value is -2.01. The molecular weight excluding hydrogens is 417 g/mol. The average molecular weight is 431 g/mol. The topological polar surface area (TPSA) is 107 Å². The van der Waals surface area contributed by atoms with Gasteiger partial charge in [0.1, 0.15) is 12.2 Å². The number of hydrogen-bond donors (Lipinski definition) is 1. The van der Waals surface area contributed by atoms with Gasteiger partial charge in [-0.15, -0.1) is 0 Å². The van der Waals surface area contributed by atoms with Crippen LogP contribution in [0.3, 0.4) is 0 Å². The number of aliphatic hydroxyl groups is 1. The highest BCUT2D eigenvalue weighted by Gasteiger charge is 2.24. The van der Waals surface area contributed by atoms with E-state index in [-0.39, 0.29) is 24.4 Å². The average Bonchev–Trinajstić information content (AvgIpc) is 2.89. The van der Waals surface area contributed by atoms with Crippen molar-refractivity contribution in [1.82, 2.24) is 9.78 Å². The zero-order valence-corrected chi connectivity index (χ0v) is 14.3. The fraction of sp³-hybridized carbons (Fsp3) is 0.286. The Morgan fingerprint density at radius 3 is 2.65 bits per heavy atom. The van der Waals surface area contributed by atoms with E-state index in [1.807, 2.05) is 0 Å². The molecule has 1 aromatic carbocycles. The van der Waals surface area contributed by atoms with Gasteiger partial charge in [0, 0.05) is 18.3 Å². The highest BCUT2D eigenvalue weighted by Crippen LogP contribution is 2.14. The van der Waals surface area contributed by atoms with E-state index in [1.54, 1.807) is 17.1 Å². The Morgan fingerprint density at radius 1 is 1.48 bits per heavy atom. The Labute approximate surface area is 145 Å². The Kier molecular flexibility index (Phi) is 5.31. The van der Waals surface area contributed by atoms with Gasteiger partial charge in [0.25, 0.3) is 5.69 Å². The first-order valence-electron chi connectivity index (χ1n) is 6.59. The summed E-state index contributed by atoms with van der Waals surface area (Å²) in [7, 11) is 0. The number of esters is 1. The lowest BCUT2D eigenvalue weighted by atomic mass is 10.1. The molecule has 0 saturated carbocycles. The second-order valence-corrected chi connectivity index (χ2v) is 6.48. The van der Waals surface area contributed by atoms with Crippen LogP contribution in [0.25, 0.3) is 0 Å². The summed E-state index contributed by atoms with van der Waals surface area (Å²) in [5.41, 5.74) is -1.21. The largest absolute Gasteiger partial charge is 0.459 e. The molecule has 1 aromatic heterocycles. The Balaban J connectivity index is 1.93. The molecular formula is C14H14IN3O5. The Morgan fingerprint density at radius 2 is 2.13 bits per heavy atom. The van der Waals surface area contributed by atoms with Crippen LogP contribution in [0.4, 0.5) is 5.69 Å². The number of non-ortho nitro benzene ring substituents is 1. The third kappa shape index (κ3) is 4.99. The molecule has 0 saturated heterocycles. The molecule has 122 valence electrons. The number of nitro groups is 1. The molecule has 0 amide bonds. The lowest BCUT2D eigenvalue weighted by molar-refractivity contribution is -0.384. The van der Waals surface area contributed by atoms with Crippen molar-refractivity contribution < 1.29 is 19.6 Å². The van der Waals surface area contributed by atoms with E-state index in [0.717, 1.165) is 3.57 Å². The maximum Gasteiger partial charge on any atom is 0.338 e. The molecule has 0 spiro atoms. The summed E-state index contributed by atoms with van der Waals surface area (Å²) < 4.78 is 7.56. The number of rotatable bonds is 6.